The molecule has 0 atom stereocenters. The standard InChI is InChI=1S/C44H34N3O.Pt/c1-44(2,3)34-21-23-35(24-22-34)47-39-19-10-18-36(42(39)46-43(47)37-17-7-8-20-40(37)48)30-14-9-15-31(26-30)38-28-33(29-12-5-4-6-13-29)27-32-16-11-25-45-41(32)38;/h4-25,27-28,48H,1-3H3;/q-1;. The van der Waals surface area contributed by atoms with Gasteiger partial charge in [0, 0.05) is 38.5 Å². The van der Waals surface area contributed by atoms with E-state index in [1.807, 2.05) is 36.5 Å². The number of para-hydroxylation sites is 2. The van der Waals surface area contributed by atoms with Crippen molar-refractivity contribution < 1.29 is 26.2 Å². The van der Waals surface area contributed by atoms with E-state index in [4.69, 9.17) is 9.97 Å². The van der Waals surface area contributed by atoms with E-state index >= 15 is 0 Å². The first kappa shape index (κ1) is 32.2. The summed E-state index contributed by atoms with van der Waals surface area (Å²) in [6.45, 7) is 6.65. The first-order chi connectivity index (χ1) is 23.3. The van der Waals surface area contributed by atoms with Crippen LogP contribution in [0.3, 0.4) is 0 Å². The van der Waals surface area contributed by atoms with E-state index in [1.54, 1.807) is 6.07 Å². The van der Waals surface area contributed by atoms with Crippen molar-refractivity contribution in [2.45, 2.75) is 26.2 Å². The number of aromatic hydroxyl groups is 1. The smallest absolute Gasteiger partial charge is 0.148 e. The molecule has 8 rings (SSSR count). The van der Waals surface area contributed by atoms with Gasteiger partial charge in [-0.3, -0.25) is 9.55 Å². The van der Waals surface area contributed by atoms with E-state index in [0.29, 0.717) is 11.4 Å². The number of aromatic nitrogens is 3. The fraction of sp³-hybridized carbons (Fsp3) is 0.0909. The normalized spacial score (nSPS) is 11.5. The Balaban J connectivity index is 0.00000378. The molecule has 1 N–H and O–H groups in total. The molecule has 242 valence electrons. The van der Waals surface area contributed by atoms with Crippen LogP contribution in [0.5, 0.6) is 5.75 Å². The number of benzene rings is 6. The third kappa shape index (κ3) is 5.98. The van der Waals surface area contributed by atoms with E-state index in [0.717, 1.165) is 61.0 Å². The molecule has 0 aliphatic carbocycles. The Labute approximate surface area is 301 Å². The second kappa shape index (κ2) is 13.0. The summed E-state index contributed by atoms with van der Waals surface area (Å²) in [5, 5.41) is 12.1. The molecule has 49 heavy (non-hydrogen) atoms. The van der Waals surface area contributed by atoms with Gasteiger partial charge in [0.15, 0.2) is 0 Å². The maximum absolute atomic E-state index is 11.0. The molecular weight excluding hydrogens is 782 g/mol. The largest absolute Gasteiger partial charge is 0.507 e. The van der Waals surface area contributed by atoms with E-state index in [2.05, 4.69) is 135 Å². The number of nitrogens with zero attached hydrogens (tertiary/aromatic N) is 3. The molecule has 0 fully saturated rings. The Morgan fingerprint density at radius 1 is 0.612 bits per heavy atom. The Morgan fingerprint density at radius 2 is 1.31 bits per heavy atom. The van der Waals surface area contributed by atoms with Crippen molar-refractivity contribution in [1.29, 1.82) is 0 Å². The van der Waals surface area contributed by atoms with Crippen molar-refractivity contribution in [2.75, 3.05) is 0 Å². The molecule has 6 aromatic carbocycles. The summed E-state index contributed by atoms with van der Waals surface area (Å²) in [7, 11) is 0. The molecule has 0 amide bonds. The average Bonchev–Trinajstić information content (AvgIpc) is 3.51. The fourth-order valence-electron chi connectivity index (χ4n) is 6.51. The number of pyridine rings is 1. The molecule has 0 saturated carbocycles. The maximum atomic E-state index is 11.0. The third-order valence-electron chi connectivity index (χ3n) is 9.01. The number of rotatable bonds is 5. The number of phenols is 1. The number of hydrogen-bond acceptors (Lipinski definition) is 3. The number of hydrogen-bond donors (Lipinski definition) is 1. The van der Waals surface area contributed by atoms with E-state index in [1.165, 1.54) is 5.56 Å². The summed E-state index contributed by atoms with van der Waals surface area (Å²) in [4.78, 5) is 10.0. The molecule has 0 saturated heterocycles. The van der Waals surface area contributed by atoms with Crippen molar-refractivity contribution in [3.63, 3.8) is 0 Å². The molecule has 0 radical (unpaired) electrons. The maximum Gasteiger partial charge on any atom is 0.148 e. The third-order valence-corrected chi connectivity index (χ3v) is 9.01. The van der Waals surface area contributed by atoms with Gasteiger partial charge in [-0.05, 0) is 70.0 Å². The Bertz CT molecular complexity index is 2440. The number of phenolic OH excluding ortho intramolecular Hbond substituents is 1. The van der Waals surface area contributed by atoms with Crippen LogP contribution in [-0.2, 0) is 26.5 Å². The van der Waals surface area contributed by atoms with Crippen molar-refractivity contribution in [3.8, 4) is 56.2 Å². The molecule has 4 nitrogen and oxygen atoms in total. The van der Waals surface area contributed by atoms with Gasteiger partial charge in [-0.1, -0.05) is 111 Å². The zero-order chi connectivity index (χ0) is 32.8. The Hall–Kier alpha value is -5.31. The van der Waals surface area contributed by atoms with Gasteiger partial charge >= 0.3 is 0 Å². The molecule has 2 aromatic heterocycles. The molecule has 0 unspecified atom stereocenters. The first-order valence-corrected chi connectivity index (χ1v) is 16.2. The molecule has 0 bridgehead atoms. The van der Waals surface area contributed by atoms with Gasteiger partial charge in [-0.2, -0.15) is 0 Å². The minimum absolute atomic E-state index is 0. The van der Waals surface area contributed by atoms with Crippen LogP contribution < -0.4 is 0 Å². The summed E-state index contributed by atoms with van der Waals surface area (Å²) >= 11 is 0. The molecule has 0 aliphatic heterocycles. The molecule has 2 heterocycles. The van der Waals surface area contributed by atoms with Gasteiger partial charge in [-0.15, -0.1) is 35.4 Å². The zero-order valence-corrected chi connectivity index (χ0v) is 29.7. The minimum atomic E-state index is 0. The van der Waals surface area contributed by atoms with Crippen molar-refractivity contribution in [1.82, 2.24) is 14.5 Å². The molecular formula is C44H34N3OPt-. The van der Waals surface area contributed by atoms with Crippen LogP contribution in [-0.4, -0.2) is 19.6 Å². The van der Waals surface area contributed by atoms with Crippen LogP contribution in [0.25, 0.3) is 72.4 Å². The fourth-order valence-corrected chi connectivity index (χ4v) is 6.51. The summed E-state index contributed by atoms with van der Waals surface area (Å²) in [6.07, 6.45) is 1.85. The van der Waals surface area contributed by atoms with Crippen LogP contribution in [0.1, 0.15) is 26.3 Å². The van der Waals surface area contributed by atoms with Crippen molar-refractivity contribution in [3.05, 3.63) is 157 Å². The molecule has 8 aromatic rings. The summed E-state index contributed by atoms with van der Waals surface area (Å²) < 4.78 is 2.14. The zero-order valence-electron chi connectivity index (χ0n) is 27.5. The van der Waals surface area contributed by atoms with Gasteiger partial charge < -0.3 is 5.11 Å². The van der Waals surface area contributed by atoms with Crippen LogP contribution >= 0.6 is 0 Å². The van der Waals surface area contributed by atoms with Gasteiger partial charge in [0.2, 0.25) is 0 Å². The predicted octanol–water partition coefficient (Wildman–Crippen LogP) is 11.0. The number of fused-ring (bicyclic) bond motifs is 2. The van der Waals surface area contributed by atoms with E-state index < -0.39 is 0 Å². The van der Waals surface area contributed by atoms with Gasteiger partial charge in [0.05, 0.1) is 16.6 Å². The monoisotopic (exact) mass is 815 g/mol. The van der Waals surface area contributed by atoms with Crippen LogP contribution in [0, 0.1) is 6.07 Å². The second-order valence-electron chi connectivity index (χ2n) is 13.2. The SMILES string of the molecule is CC(C)(C)c1ccc(-n2c(-c3ccccc3O)nc3c(-c4[c-]c(-c5cc(-c6ccccc6)cc6cccnc56)ccc4)cccc32)cc1.[Pt]. The van der Waals surface area contributed by atoms with Crippen LogP contribution in [0.15, 0.2) is 146 Å². The average molecular weight is 816 g/mol. The number of imidazole rings is 1. The van der Waals surface area contributed by atoms with Crippen LogP contribution in [0.2, 0.25) is 0 Å². The van der Waals surface area contributed by atoms with Gasteiger partial charge in [0.25, 0.3) is 0 Å². The van der Waals surface area contributed by atoms with Gasteiger partial charge in [-0.25, -0.2) is 4.98 Å². The molecule has 0 spiro atoms. The van der Waals surface area contributed by atoms with Crippen LogP contribution in [0.4, 0.5) is 0 Å². The predicted molar refractivity (Wildman–Crippen MR) is 197 cm³/mol. The van der Waals surface area contributed by atoms with E-state index in [-0.39, 0.29) is 32.2 Å². The Morgan fingerprint density at radius 3 is 2.06 bits per heavy atom. The summed E-state index contributed by atoms with van der Waals surface area (Å²) in [5.74, 6) is 0.870. The van der Waals surface area contributed by atoms with E-state index in [9.17, 15) is 5.11 Å². The van der Waals surface area contributed by atoms with Crippen molar-refractivity contribution >= 4 is 21.9 Å². The first-order valence-electron chi connectivity index (χ1n) is 16.2. The Kier molecular flexibility index (Phi) is 8.52. The molecule has 0 aliphatic rings. The quantitative estimate of drug-likeness (QED) is 0.176. The summed E-state index contributed by atoms with van der Waals surface area (Å²) in [5.41, 5.74) is 11.8. The summed E-state index contributed by atoms with van der Waals surface area (Å²) in [6, 6.07) is 51.3. The second-order valence-corrected chi connectivity index (χ2v) is 13.2. The van der Waals surface area contributed by atoms with Gasteiger partial charge in [0.1, 0.15) is 11.6 Å². The topological polar surface area (TPSA) is 50.9 Å². The molecule has 5 heteroatoms. The minimum Gasteiger partial charge on any atom is -0.507 e. The van der Waals surface area contributed by atoms with Crippen molar-refractivity contribution in [2.24, 2.45) is 0 Å².